The fourth-order valence-corrected chi connectivity index (χ4v) is 3.37. The molecule has 4 atom stereocenters. The van der Waals surface area contributed by atoms with E-state index in [1.54, 1.807) is 4.57 Å². The van der Waals surface area contributed by atoms with Crippen LogP contribution < -0.4 is 11.1 Å². The Kier molecular flexibility index (Phi) is 7.32. The van der Waals surface area contributed by atoms with Crippen LogP contribution in [-0.2, 0) is 9.53 Å². The number of amides is 1. The summed E-state index contributed by atoms with van der Waals surface area (Å²) in [5.74, 6) is 0.276. The molecule has 11 nitrogen and oxygen atoms in total. The molecule has 0 spiro atoms. The number of aliphatic hydroxyl groups excluding tert-OH is 2. The van der Waals surface area contributed by atoms with Gasteiger partial charge >= 0.3 is 0 Å². The number of carbonyl (C=O) groups is 1. The summed E-state index contributed by atoms with van der Waals surface area (Å²) in [4.78, 5) is 25.6. The zero-order chi connectivity index (χ0) is 21.7. The van der Waals surface area contributed by atoms with E-state index in [-0.39, 0.29) is 11.7 Å². The molecular weight excluding hydrogens is 390 g/mol. The Bertz CT molecular complexity index is 887. The fourth-order valence-electron chi connectivity index (χ4n) is 3.37. The third kappa shape index (κ3) is 4.93. The number of aliphatic hydroxyl groups is 2. The van der Waals surface area contributed by atoms with Gasteiger partial charge in [-0.1, -0.05) is 19.1 Å². The highest BCUT2D eigenvalue weighted by Crippen LogP contribution is 2.32. The lowest BCUT2D eigenvalue weighted by atomic mass is 10.1. The van der Waals surface area contributed by atoms with Crippen LogP contribution in [0.4, 0.5) is 5.82 Å². The zero-order valence-corrected chi connectivity index (χ0v) is 17.2. The van der Waals surface area contributed by atoms with Crippen molar-refractivity contribution >= 4 is 22.9 Å². The number of likely N-dealkylation sites (N-methyl/N-ethyl adjacent to an activating group) is 1. The number of fused-ring (bicyclic) bond motifs is 1. The number of aromatic nitrogens is 4. The molecule has 1 fully saturated rings. The average Bonchev–Trinajstić information content (AvgIpc) is 3.25. The lowest BCUT2D eigenvalue weighted by Gasteiger charge is -2.21. The molecule has 0 unspecified atom stereocenters. The highest BCUT2D eigenvalue weighted by Gasteiger charge is 2.44. The van der Waals surface area contributed by atoms with E-state index in [0.717, 1.165) is 6.42 Å². The predicted molar refractivity (Wildman–Crippen MR) is 110 cm³/mol. The van der Waals surface area contributed by atoms with Gasteiger partial charge in [0.25, 0.3) is 0 Å². The lowest BCUT2D eigenvalue weighted by molar-refractivity contribution is -0.120. The minimum Gasteiger partial charge on any atom is -0.387 e. The standard InChI is InChI=1S/C19H29N7O4/c1-3-6-13(27)21-7-4-5-8-25(2)9-12-15(28)16(29)19(30-12)26-11-24-14-17(20)22-10-23-18(14)26/h4-5,10-12,15-16,19,28-29H,3,6-9H2,1-2H3,(H,21,27)(H2,20,22,23)/b5-4-/t12-,15-,16-,19-/m1/s1. The van der Waals surface area contributed by atoms with Gasteiger partial charge in [-0.2, -0.15) is 0 Å². The van der Waals surface area contributed by atoms with Gasteiger partial charge in [0.1, 0.15) is 30.2 Å². The van der Waals surface area contributed by atoms with Gasteiger partial charge < -0.3 is 30.9 Å². The molecule has 2 aromatic rings. The van der Waals surface area contributed by atoms with Gasteiger partial charge in [0.2, 0.25) is 5.91 Å². The van der Waals surface area contributed by atoms with Crippen LogP contribution in [0.15, 0.2) is 24.8 Å². The van der Waals surface area contributed by atoms with E-state index in [0.29, 0.717) is 37.2 Å². The van der Waals surface area contributed by atoms with E-state index >= 15 is 0 Å². The topological polar surface area (TPSA) is 152 Å². The Hall–Kier alpha value is -2.60. The van der Waals surface area contributed by atoms with E-state index in [4.69, 9.17) is 10.5 Å². The molecule has 3 rings (SSSR count). The SMILES string of the molecule is CCCC(=O)NC/C=C\CN(C)C[C@H]1O[C@@H](n2cnc3c(N)ncnc32)[C@H](O)[C@@H]1O. The zero-order valence-electron chi connectivity index (χ0n) is 17.2. The number of rotatable bonds is 9. The van der Waals surface area contributed by atoms with Crippen LogP contribution in [0.1, 0.15) is 26.0 Å². The van der Waals surface area contributed by atoms with Crippen molar-refractivity contribution in [3.63, 3.8) is 0 Å². The molecule has 3 heterocycles. The first kappa shape index (κ1) is 22.1. The van der Waals surface area contributed by atoms with Gasteiger partial charge in [0, 0.05) is 26.1 Å². The monoisotopic (exact) mass is 419 g/mol. The van der Waals surface area contributed by atoms with Gasteiger partial charge in [-0.3, -0.25) is 9.36 Å². The van der Waals surface area contributed by atoms with Crippen LogP contribution in [-0.4, -0.2) is 85.5 Å². The summed E-state index contributed by atoms with van der Waals surface area (Å²) in [5, 5.41) is 23.8. The van der Waals surface area contributed by atoms with Crippen molar-refractivity contribution in [3.05, 3.63) is 24.8 Å². The van der Waals surface area contributed by atoms with Crippen molar-refractivity contribution in [3.8, 4) is 0 Å². The van der Waals surface area contributed by atoms with Gasteiger partial charge in [0.15, 0.2) is 17.7 Å². The molecule has 1 aliphatic heterocycles. The Balaban J connectivity index is 1.55. The molecule has 0 aliphatic carbocycles. The predicted octanol–water partition coefficient (Wildman–Crippen LogP) is -0.568. The quantitative estimate of drug-likeness (QED) is 0.392. The first-order chi connectivity index (χ1) is 14.4. The summed E-state index contributed by atoms with van der Waals surface area (Å²) in [6, 6.07) is 0. The number of ether oxygens (including phenoxy) is 1. The van der Waals surface area contributed by atoms with Crippen LogP contribution in [0.5, 0.6) is 0 Å². The number of nitrogens with zero attached hydrogens (tertiary/aromatic N) is 5. The number of hydrogen-bond acceptors (Lipinski definition) is 9. The molecule has 0 radical (unpaired) electrons. The van der Waals surface area contributed by atoms with Crippen LogP contribution in [0, 0.1) is 0 Å². The minimum absolute atomic E-state index is 0.0389. The second-order valence-electron chi connectivity index (χ2n) is 7.38. The van der Waals surface area contributed by atoms with E-state index in [2.05, 4.69) is 20.3 Å². The first-order valence-corrected chi connectivity index (χ1v) is 9.97. The number of carbonyl (C=O) groups excluding carboxylic acids is 1. The largest absolute Gasteiger partial charge is 0.387 e. The van der Waals surface area contributed by atoms with Gasteiger partial charge in [-0.15, -0.1) is 0 Å². The maximum atomic E-state index is 11.4. The maximum Gasteiger partial charge on any atom is 0.220 e. The Morgan fingerprint density at radius 3 is 2.90 bits per heavy atom. The van der Waals surface area contributed by atoms with Crippen molar-refractivity contribution < 1.29 is 19.7 Å². The summed E-state index contributed by atoms with van der Waals surface area (Å²) in [7, 11) is 1.89. The van der Waals surface area contributed by atoms with Crippen molar-refractivity contribution in [2.45, 2.75) is 44.3 Å². The first-order valence-electron chi connectivity index (χ1n) is 9.97. The second-order valence-corrected chi connectivity index (χ2v) is 7.38. The third-order valence-corrected chi connectivity index (χ3v) is 4.97. The van der Waals surface area contributed by atoms with Crippen molar-refractivity contribution in [2.75, 3.05) is 32.4 Å². The number of anilines is 1. The summed E-state index contributed by atoms with van der Waals surface area (Å²) in [6.45, 7) is 3.46. The summed E-state index contributed by atoms with van der Waals surface area (Å²) in [5.41, 5.74) is 6.65. The number of imidazole rings is 1. The van der Waals surface area contributed by atoms with Crippen LogP contribution in [0.2, 0.25) is 0 Å². The Morgan fingerprint density at radius 2 is 2.13 bits per heavy atom. The van der Waals surface area contributed by atoms with Gasteiger partial charge in [0.05, 0.1) is 6.33 Å². The maximum absolute atomic E-state index is 11.4. The second kappa shape index (κ2) is 9.94. The number of nitrogen functional groups attached to an aromatic ring is 1. The van der Waals surface area contributed by atoms with Gasteiger partial charge in [-0.05, 0) is 13.5 Å². The molecule has 1 amide bonds. The number of nitrogens with two attached hydrogens (primary N) is 1. The van der Waals surface area contributed by atoms with E-state index in [9.17, 15) is 15.0 Å². The molecule has 0 saturated carbocycles. The Morgan fingerprint density at radius 1 is 1.33 bits per heavy atom. The van der Waals surface area contributed by atoms with E-state index in [1.165, 1.54) is 12.7 Å². The van der Waals surface area contributed by atoms with Crippen molar-refractivity contribution in [1.82, 2.24) is 29.7 Å². The van der Waals surface area contributed by atoms with Gasteiger partial charge in [-0.25, -0.2) is 15.0 Å². The molecule has 164 valence electrons. The molecule has 0 aromatic carbocycles. The third-order valence-electron chi connectivity index (χ3n) is 4.97. The normalized spacial score (nSPS) is 24.3. The highest BCUT2D eigenvalue weighted by molar-refractivity contribution is 5.81. The van der Waals surface area contributed by atoms with Crippen molar-refractivity contribution in [2.24, 2.45) is 0 Å². The minimum atomic E-state index is -1.14. The number of hydrogen-bond donors (Lipinski definition) is 4. The molecule has 5 N–H and O–H groups in total. The van der Waals surface area contributed by atoms with Crippen LogP contribution >= 0.6 is 0 Å². The summed E-state index contributed by atoms with van der Waals surface area (Å²) < 4.78 is 7.49. The number of nitrogens with one attached hydrogen (secondary N) is 1. The fraction of sp³-hybridized carbons (Fsp3) is 0.579. The molecule has 11 heteroatoms. The van der Waals surface area contributed by atoms with Crippen LogP contribution in [0.3, 0.4) is 0 Å². The summed E-state index contributed by atoms with van der Waals surface area (Å²) >= 11 is 0. The summed E-state index contributed by atoms with van der Waals surface area (Å²) in [6.07, 6.45) is 4.33. The average molecular weight is 419 g/mol. The molecule has 1 saturated heterocycles. The molecule has 1 aliphatic rings. The molecule has 0 bridgehead atoms. The molecule has 2 aromatic heterocycles. The highest BCUT2D eigenvalue weighted by atomic mass is 16.6. The molecule has 30 heavy (non-hydrogen) atoms. The van der Waals surface area contributed by atoms with Crippen molar-refractivity contribution in [1.29, 1.82) is 0 Å². The van der Waals surface area contributed by atoms with Crippen LogP contribution in [0.25, 0.3) is 11.2 Å². The van der Waals surface area contributed by atoms with E-state index in [1.807, 2.05) is 31.0 Å². The lowest BCUT2D eigenvalue weighted by Crippen LogP contribution is -2.38. The smallest absolute Gasteiger partial charge is 0.220 e. The Labute approximate surface area is 174 Å². The molecular formula is C19H29N7O4. The van der Waals surface area contributed by atoms with E-state index < -0.39 is 24.5 Å².